The standard InChI is InChI=1S/C9H16N2O3/c1-6(8(12)13)7(2)11-5-3-4-10-9(11)14/h6-7H,3-5H2,1-2H3,(H,10,14)(H,12,13). The van der Waals surface area contributed by atoms with Crippen molar-refractivity contribution in [1.82, 2.24) is 10.2 Å². The van der Waals surface area contributed by atoms with Gasteiger partial charge in [0.05, 0.1) is 5.92 Å². The molecule has 0 aliphatic carbocycles. The Kier molecular flexibility index (Phi) is 3.33. The summed E-state index contributed by atoms with van der Waals surface area (Å²) >= 11 is 0. The van der Waals surface area contributed by atoms with Gasteiger partial charge in [-0.3, -0.25) is 4.79 Å². The number of carboxylic acids is 1. The first-order valence-electron chi connectivity index (χ1n) is 4.81. The first-order chi connectivity index (χ1) is 6.54. The predicted molar refractivity (Wildman–Crippen MR) is 51.0 cm³/mol. The van der Waals surface area contributed by atoms with Gasteiger partial charge in [0, 0.05) is 19.1 Å². The number of nitrogens with one attached hydrogen (secondary N) is 1. The zero-order chi connectivity index (χ0) is 10.7. The average molecular weight is 200 g/mol. The van der Waals surface area contributed by atoms with Crippen molar-refractivity contribution in [2.24, 2.45) is 5.92 Å². The van der Waals surface area contributed by atoms with Gasteiger partial charge >= 0.3 is 12.0 Å². The summed E-state index contributed by atoms with van der Waals surface area (Å²) < 4.78 is 0. The molecule has 1 fully saturated rings. The van der Waals surface area contributed by atoms with Crippen molar-refractivity contribution in [2.45, 2.75) is 26.3 Å². The van der Waals surface area contributed by atoms with Gasteiger partial charge < -0.3 is 15.3 Å². The van der Waals surface area contributed by atoms with E-state index in [1.165, 1.54) is 0 Å². The molecular weight excluding hydrogens is 184 g/mol. The summed E-state index contributed by atoms with van der Waals surface area (Å²) in [5.74, 6) is -1.39. The Morgan fingerprint density at radius 2 is 2.21 bits per heavy atom. The lowest BCUT2D eigenvalue weighted by atomic mass is 10.0. The van der Waals surface area contributed by atoms with E-state index in [-0.39, 0.29) is 12.1 Å². The van der Waals surface area contributed by atoms with Crippen LogP contribution in [0.15, 0.2) is 0 Å². The first kappa shape index (κ1) is 10.8. The number of hydrogen-bond acceptors (Lipinski definition) is 2. The van der Waals surface area contributed by atoms with Gasteiger partial charge in [-0.1, -0.05) is 0 Å². The smallest absolute Gasteiger partial charge is 0.317 e. The van der Waals surface area contributed by atoms with Crippen LogP contribution >= 0.6 is 0 Å². The lowest BCUT2D eigenvalue weighted by Gasteiger charge is -2.34. The molecule has 0 radical (unpaired) electrons. The fourth-order valence-corrected chi connectivity index (χ4v) is 1.51. The van der Waals surface area contributed by atoms with Gasteiger partial charge in [-0.15, -0.1) is 0 Å². The number of carboxylic acid groups (broad SMARTS) is 1. The number of rotatable bonds is 3. The Labute approximate surface area is 83.1 Å². The van der Waals surface area contributed by atoms with Crippen molar-refractivity contribution >= 4 is 12.0 Å². The topological polar surface area (TPSA) is 69.6 Å². The Hall–Kier alpha value is -1.26. The van der Waals surface area contributed by atoms with Crippen molar-refractivity contribution in [3.05, 3.63) is 0 Å². The minimum atomic E-state index is -0.865. The number of carbonyl (C=O) groups is 2. The maximum Gasteiger partial charge on any atom is 0.317 e. The van der Waals surface area contributed by atoms with E-state index in [1.54, 1.807) is 18.7 Å². The highest BCUT2D eigenvalue weighted by atomic mass is 16.4. The lowest BCUT2D eigenvalue weighted by molar-refractivity contribution is -0.142. The van der Waals surface area contributed by atoms with Crippen LogP contribution in [-0.2, 0) is 4.79 Å². The van der Waals surface area contributed by atoms with Crippen LogP contribution in [-0.4, -0.2) is 41.1 Å². The second-order valence-electron chi connectivity index (χ2n) is 3.65. The molecule has 1 aliphatic rings. The van der Waals surface area contributed by atoms with Gasteiger partial charge in [-0.2, -0.15) is 0 Å². The van der Waals surface area contributed by atoms with E-state index in [4.69, 9.17) is 5.11 Å². The zero-order valence-corrected chi connectivity index (χ0v) is 8.49. The van der Waals surface area contributed by atoms with E-state index in [1.807, 2.05) is 0 Å². The van der Waals surface area contributed by atoms with Gasteiger partial charge in [0.25, 0.3) is 0 Å². The van der Waals surface area contributed by atoms with Gasteiger partial charge in [-0.05, 0) is 20.3 Å². The van der Waals surface area contributed by atoms with Crippen molar-refractivity contribution in [1.29, 1.82) is 0 Å². The number of carbonyl (C=O) groups excluding carboxylic acids is 1. The SMILES string of the molecule is CC(C(=O)O)C(C)N1CCCNC1=O. The Bertz CT molecular complexity index is 242. The normalized spacial score (nSPS) is 21.3. The molecule has 0 bridgehead atoms. The van der Waals surface area contributed by atoms with E-state index in [9.17, 15) is 9.59 Å². The van der Waals surface area contributed by atoms with Crippen molar-refractivity contribution in [3.63, 3.8) is 0 Å². The molecule has 0 saturated carbocycles. The van der Waals surface area contributed by atoms with Gasteiger partial charge in [-0.25, -0.2) is 4.79 Å². The van der Waals surface area contributed by atoms with Crippen molar-refractivity contribution in [3.8, 4) is 0 Å². The van der Waals surface area contributed by atoms with E-state index in [0.717, 1.165) is 6.42 Å². The van der Waals surface area contributed by atoms with E-state index in [0.29, 0.717) is 13.1 Å². The summed E-state index contributed by atoms with van der Waals surface area (Å²) in [5.41, 5.74) is 0. The van der Waals surface area contributed by atoms with Gasteiger partial charge in [0.2, 0.25) is 0 Å². The third-order valence-electron chi connectivity index (χ3n) is 2.72. The molecule has 80 valence electrons. The number of urea groups is 1. The molecule has 5 heteroatoms. The summed E-state index contributed by atoms with van der Waals surface area (Å²) in [6.45, 7) is 4.71. The third-order valence-corrected chi connectivity index (χ3v) is 2.72. The maximum absolute atomic E-state index is 11.4. The molecule has 14 heavy (non-hydrogen) atoms. The quantitative estimate of drug-likeness (QED) is 0.697. The second-order valence-corrected chi connectivity index (χ2v) is 3.65. The summed E-state index contributed by atoms with van der Waals surface area (Å²) in [7, 11) is 0. The fourth-order valence-electron chi connectivity index (χ4n) is 1.51. The number of aliphatic carboxylic acids is 1. The Morgan fingerprint density at radius 1 is 1.57 bits per heavy atom. The lowest BCUT2D eigenvalue weighted by Crippen LogP contribution is -2.53. The van der Waals surface area contributed by atoms with Gasteiger partial charge in [0.1, 0.15) is 0 Å². The van der Waals surface area contributed by atoms with Crippen LogP contribution in [0.5, 0.6) is 0 Å². The minimum absolute atomic E-state index is 0.156. The second kappa shape index (κ2) is 4.30. The third kappa shape index (κ3) is 2.16. The van der Waals surface area contributed by atoms with E-state index >= 15 is 0 Å². The molecule has 2 N–H and O–H groups in total. The van der Waals surface area contributed by atoms with Crippen LogP contribution < -0.4 is 5.32 Å². The van der Waals surface area contributed by atoms with Crippen LogP contribution in [0.1, 0.15) is 20.3 Å². The molecule has 1 rings (SSSR count). The largest absolute Gasteiger partial charge is 0.481 e. The highest BCUT2D eigenvalue weighted by molar-refractivity contribution is 5.77. The summed E-state index contributed by atoms with van der Waals surface area (Å²) in [6, 6.07) is -0.412. The fraction of sp³-hybridized carbons (Fsp3) is 0.778. The summed E-state index contributed by atoms with van der Waals surface area (Å²) in [5, 5.41) is 11.5. The average Bonchev–Trinajstić information content (AvgIpc) is 2.16. The Balaban J connectivity index is 2.62. The molecule has 1 saturated heterocycles. The summed E-state index contributed by atoms with van der Waals surface area (Å²) in [4.78, 5) is 23.7. The first-order valence-corrected chi connectivity index (χ1v) is 4.81. The van der Waals surface area contributed by atoms with E-state index in [2.05, 4.69) is 5.32 Å². The molecule has 5 nitrogen and oxygen atoms in total. The summed E-state index contributed by atoms with van der Waals surface area (Å²) in [6.07, 6.45) is 0.877. The predicted octanol–water partition coefficient (Wildman–Crippen LogP) is 0.511. The van der Waals surface area contributed by atoms with Crippen molar-refractivity contribution in [2.75, 3.05) is 13.1 Å². The molecule has 1 heterocycles. The number of nitrogens with zero attached hydrogens (tertiary/aromatic N) is 1. The monoisotopic (exact) mass is 200 g/mol. The molecule has 0 aromatic heterocycles. The molecule has 0 aromatic carbocycles. The molecule has 2 atom stereocenters. The van der Waals surface area contributed by atoms with Crippen LogP contribution in [0.4, 0.5) is 4.79 Å². The molecule has 1 aliphatic heterocycles. The van der Waals surface area contributed by atoms with E-state index < -0.39 is 11.9 Å². The van der Waals surface area contributed by atoms with Gasteiger partial charge in [0.15, 0.2) is 0 Å². The highest BCUT2D eigenvalue weighted by Crippen LogP contribution is 2.13. The molecular formula is C9H16N2O3. The maximum atomic E-state index is 11.4. The molecule has 2 amide bonds. The highest BCUT2D eigenvalue weighted by Gasteiger charge is 2.29. The van der Waals surface area contributed by atoms with Crippen molar-refractivity contribution < 1.29 is 14.7 Å². The van der Waals surface area contributed by atoms with Crippen LogP contribution in [0.25, 0.3) is 0 Å². The van der Waals surface area contributed by atoms with Crippen LogP contribution in [0.3, 0.4) is 0 Å². The molecule has 0 aromatic rings. The van der Waals surface area contributed by atoms with Crippen LogP contribution in [0.2, 0.25) is 0 Å². The van der Waals surface area contributed by atoms with Crippen LogP contribution in [0, 0.1) is 5.92 Å². The molecule has 2 unspecified atom stereocenters. The zero-order valence-electron chi connectivity index (χ0n) is 8.49. The number of amides is 2. The minimum Gasteiger partial charge on any atom is -0.481 e. The number of hydrogen-bond donors (Lipinski definition) is 2. The Morgan fingerprint density at radius 3 is 2.71 bits per heavy atom. The molecule has 0 spiro atoms.